The van der Waals surface area contributed by atoms with Crippen molar-refractivity contribution in [2.75, 3.05) is 34.4 Å². The van der Waals surface area contributed by atoms with Crippen LogP contribution >= 0.6 is 0 Å². The Morgan fingerprint density at radius 2 is 1.77 bits per heavy atom. The molecule has 0 aromatic heterocycles. The molecule has 0 aliphatic carbocycles. The van der Waals surface area contributed by atoms with Gasteiger partial charge in [-0.3, -0.25) is 14.4 Å². The maximum absolute atomic E-state index is 12.4. The number of azide groups is 1. The predicted molar refractivity (Wildman–Crippen MR) is 89.8 cm³/mol. The fourth-order valence-corrected chi connectivity index (χ4v) is 2.28. The molecule has 12 nitrogen and oxygen atoms in total. The molecule has 0 unspecified atom stereocenters. The van der Waals surface area contributed by atoms with Gasteiger partial charge in [-0.1, -0.05) is 5.11 Å². The van der Waals surface area contributed by atoms with E-state index in [0.29, 0.717) is 0 Å². The van der Waals surface area contributed by atoms with E-state index < -0.39 is 29.2 Å². The molecule has 26 heavy (non-hydrogen) atoms. The van der Waals surface area contributed by atoms with Gasteiger partial charge in [0.05, 0.1) is 38.7 Å². The molecule has 12 heteroatoms. The summed E-state index contributed by atoms with van der Waals surface area (Å²) >= 11 is 0. The van der Waals surface area contributed by atoms with Crippen molar-refractivity contribution in [3.8, 4) is 0 Å². The van der Waals surface area contributed by atoms with E-state index in [4.69, 9.17) is 21.2 Å². The van der Waals surface area contributed by atoms with E-state index in [-0.39, 0.29) is 32.4 Å². The summed E-state index contributed by atoms with van der Waals surface area (Å²) in [5.41, 5.74) is 12.3. The molecule has 146 valence electrons. The molecule has 0 saturated carbocycles. The van der Waals surface area contributed by atoms with Crippen LogP contribution in [0.5, 0.6) is 0 Å². The zero-order valence-corrected chi connectivity index (χ0v) is 15.1. The van der Waals surface area contributed by atoms with Crippen LogP contribution in [0, 0.1) is 5.92 Å². The van der Waals surface area contributed by atoms with Crippen LogP contribution in [-0.2, 0) is 28.6 Å². The Kier molecular flexibility index (Phi) is 14.1. The molecular formula is C14H24N6O6. The summed E-state index contributed by atoms with van der Waals surface area (Å²) in [5, 5.41) is 13.5. The number of methoxy groups -OCH3 is 3. The normalized spacial score (nSPS) is 12.9. The van der Waals surface area contributed by atoms with Crippen molar-refractivity contribution >= 4 is 24.4 Å². The molecule has 0 aliphatic rings. The molecule has 0 fully saturated rings. The molecule has 0 aliphatic heterocycles. The SMILES string of the molecule is C=[N-].COC(=O)CC[C@](CN=[N+]=[N-])(OC)[C@H](CC(=O)OC)C(=O)CN=[NH2+]. The van der Waals surface area contributed by atoms with Crippen molar-refractivity contribution in [2.45, 2.75) is 24.9 Å². The minimum Gasteiger partial charge on any atom is -0.817 e. The van der Waals surface area contributed by atoms with Crippen molar-refractivity contribution in [1.29, 1.82) is 0 Å². The third kappa shape index (κ3) is 8.31. The first-order chi connectivity index (χ1) is 12.4. The van der Waals surface area contributed by atoms with E-state index in [0.717, 1.165) is 0 Å². The highest BCUT2D eigenvalue weighted by Gasteiger charge is 2.44. The number of ether oxygens (including phenoxy) is 3. The van der Waals surface area contributed by atoms with E-state index >= 15 is 0 Å². The van der Waals surface area contributed by atoms with E-state index in [1.54, 1.807) is 0 Å². The zero-order chi connectivity index (χ0) is 20.6. The van der Waals surface area contributed by atoms with Crippen LogP contribution in [0.3, 0.4) is 0 Å². The average Bonchev–Trinajstić information content (AvgIpc) is 2.68. The highest BCUT2D eigenvalue weighted by molar-refractivity contribution is 5.88. The summed E-state index contributed by atoms with van der Waals surface area (Å²) in [6.45, 7) is 1.62. The summed E-state index contributed by atoms with van der Waals surface area (Å²) in [7, 11) is 3.68. The average molecular weight is 372 g/mol. The topological polar surface area (TPSA) is 188 Å². The van der Waals surface area contributed by atoms with Gasteiger partial charge in [-0.25, -0.2) is 6.72 Å². The van der Waals surface area contributed by atoms with Crippen molar-refractivity contribution in [3.63, 3.8) is 0 Å². The van der Waals surface area contributed by atoms with Gasteiger partial charge in [0.2, 0.25) is 0 Å². The number of nitrogens with two attached hydrogens (primary N) is 1. The second-order valence-corrected chi connectivity index (χ2v) is 4.87. The van der Waals surface area contributed by atoms with Crippen LogP contribution in [0.1, 0.15) is 19.3 Å². The lowest BCUT2D eigenvalue weighted by Gasteiger charge is -2.37. The zero-order valence-electron chi connectivity index (χ0n) is 15.1. The molecule has 2 N–H and O–H groups in total. The number of ketones is 1. The van der Waals surface area contributed by atoms with E-state index in [1.165, 1.54) is 21.3 Å². The molecule has 0 amide bonds. The van der Waals surface area contributed by atoms with Crippen LogP contribution in [0.15, 0.2) is 10.2 Å². The lowest BCUT2D eigenvalue weighted by molar-refractivity contribution is -0.222. The van der Waals surface area contributed by atoms with Gasteiger partial charge in [0.1, 0.15) is 0 Å². The molecule has 0 rings (SSSR count). The number of Topliss-reactive ketones (excluding diaryl/α,β-unsaturated/α-hetero) is 1. The number of esters is 2. The molecule has 0 aromatic rings. The van der Waals surface area contributed by atoms with Gasteiger partial charge in [-0.05, 0) is 17.1 Å². The third-order valence-corrected chi connectivity index (χ3v) is 3.66. The van der Waals surface area contributed by atoms with Crippen molar-refractivity contribution in [3.05, 3.63) is 15.9 Å². The molecule has 0 radical (unpaired) electrons. The molecule has 0 aromatic carbocycles. The number of rotatable bonds is 12. The van der Waals surface area contributed by atoms with Gasteiger partial charge in [0.15, 0.2) is 12.3 Å². The number of nitrogens with zero attached hydrogens (tertiary/aromatic N) is 5. The Hall–Kier alpha value is -2.85. The largest absolute Gasteiger partial charge is 0.817 e. The van der Waals surface area contributed by atoms with Crippen LogP contribution in [0.25, 0.3) is 15.9 Å². The Balaban J connectivity index is 0. The van der Waals surface area contributed by atoms with E-state index in [9.17, 15) is 14.4 Å². The Bertz CT molecular complexity index is 536. The van der Waals surface area contributed by atoms with Crippen LogP contribution < -0.4 is 5.53 Å². The van der Waals surface area contributed by atoms with Gasteiger partial charge in [0.25, 0.3) is 0 Å². The lowest BCUT2D eigenvalue weighted by Crippen LogP contribution is -2.49. The molecule has 0 saturated heterocycles. The Labute approximate surface area is 150 Å². The first-order valence-electron chi connectivity index (χ1n) is 7.31. The minimum absolute atomic E-state index is 0.00678. The highest BCUT2D eigenvalue weighted by Crippen LogP contribution is 2.32. The Morgan fingerprint density at radius 3 is 2.19 bits per heavy atom. The van der Waals surface area contributed by atoms with Gasteiger partial charge < -0.3 is 19.6 Å². The van der Waals surface area contributed by atoms with Crippen LogP contribution in [0.4, 0.5) is 0 Å². The van der Waals surface area contributed by atoms with Gasteiger partial charge in [-0.2, -0.15) is 5.53 Å². The van der Waals surface area contributed by atoms with Gasteiger partial charge in [0, 0.05) is 18.4 Å². The number of hydrogen-bond acceptors (Lipinski definition) is 8. The van der Waals surface area contributed by atoms with Crippen LogP contribution in [-0.4, -0.2) is 64.5 Å². The molecule has 0 bridgehead atoms. The minimum atomic E-state index is -1.39. The Morgan fingerprint density at radius 1 is 1.19 bits per heavy atom. The summed E-state index contributed by atoms with van der Waals surface area (Å²) in [5.74, 6) is -2.75. The second-order valence-electron chi connectivity index (χ2n) is 4.87. The summed E-state index contributed by atoms with van der Waals surface area (Å²) in [6.07, 6.45) is -0.440. The monoisotopic (exact) mass is 372 g/mol. The number of carbonyl (C=O) groups excluding carboxylic acids is 3. The van der Waals surface area contributed by atoms with Crippen LogP contribution in [0.2, 0.25) is 0 Å². The van der Waals surface area contributed by atoms with Crippen molar-refractivity contribution in [2.24, 2.45) is 16.1 Å². The first kappa shape index (κ1) is 25.4. The highest BCUT2D eigenvalue weighted by atomic mass is 16.5. The van der Waals surface area contributed by atoms with Crippen molar-refractivity contribution in [1.82, 2.24) is 0 Å². The maximum atomic E-state index is 12.4. The van der Waals surface area contributed by atoms with Gasteiger partial charge >= 0.3 is 11.9 Å². The quantitative estimate of drug-likeness (QED) is 0.163. The lowest BCUT2D eigenvalue weighted by atomic mass is 9.78. The van der Waals surface area contributed by atoms with E-state index in [2.05, 4.69) is 31.3 Å². The fraction of sp³-hybridized carbons (Fsp3) is 0.714. The molecule has 0 heterocycles. The molecular weight excluding hydrogens is 348 g/mol. The standard InChI is InChI=1S/C13H21N5O6.CH2N/c1-22-11(20)4-5-13(24-3,8-17-18-15)9(6-12(21)23-2)10(19)7-16-14;1-2/h9,14H,4-8H2,1-3H3;1H2/q;-1/p+1/t9-,13-;/m1./s1. The first-order valence-corrected chi connectivity index (χ1v) is 7.31. The summed E-state index contributed by atoms with van der Waals surface area (Å²) < 4.78 is 14.6. The van der Waals surface area contributed by atoms with E-state index in [1.807, 2.05) is 0 Å². The predicted octanol–water partition coefficient (Wildman–Crippen LogP) is -0.149. The maximum Gasteiger partial charge on any atom is 0.306 e. The number of hydrogen-bond donors (Lipinski definition) is 1. The van der Waals surface area contributed by atoms with Crippen molar-refractivity contribution < 1.29 is 34.1 Å². The smallest absolute Gasteiger partial charge is 0.306 e. The molecule has 2 atom stereocenters. The summed E-state index contributed by atoms with van der Waals surface area (Å²) in [4.78, 5) is 38.1. The number of carbonyl (C=O) groups is 3. The van der Waals surface area contributed by atoms with Gasteiger partial charge in [-0.15, -0.1) is 0 Å². The third-order valence-electron chi connectivity index (χ3n) is 3.66. The summed E-state index contributed by atoms with van der Waals surface area (Å²) in [6, 6.07) is 0. The fourth-order valence-electron chi connectivity index (χ4n) is 2.28. The second kappa shape index (κ2) is 14.5. The molecule has 0 spiro atoms.